The molecule has 23 heavy (non-hydrogen) atoms. The summed E-state index contributed by atoms with van der Waals surface area (Å²) in [4.78, 5) is 24.3. The molecular weight excluding hydrogens is 316 g/mol. The van der Waals surface area contributed by atoms with Crippen molar-refractivity contribution in [1.82, 2.24) is 19.5 Å². The molecule has 0 unspecified atom stereocenters. The number of carbonyl (C=O) groups excluding carboxylic acids is 1. The van der Waals surface area contributed by atoms with Gasteiger partial charge in [0.05, 0.1) is 0 Å². The van der Waals surface area contributed by atoms with E-state index in [1.165, 1.54) is 23.0 Å². The second-order valence-electron chi connectivity index (χ2n) is 4.79. The van der Waals surface area contributed by atoms with Crippen LogP contribution in [0.3, 0.4) is 0 Å². The van der Waals surface area contributed by atoms with E-state index in [9.17, 15) is 13.2 Å². The Hall–Kier alpha value is -2.87. The van der Waals surface area contributed by atoms with E-state index in [1.54, 1.807) is 30.5 Å². The summed E-state index contributed by atoms with van der Waals surface area (Å²) in [5.74, 6) is 0.127. The van der Waals surface area contributed by atoms with Crippen molar-refractivity contribution in [2.24, 2.45) is 0 Å². The molecule has 0 bridgehead atoms. The normalized spacial score (nSPS) is 11.3. The van der Waals surface area contributed by atoms with Gasteiger partial charge in [-0.15, -0.1) is 0 Å². The molecule has 3 rings (SSSR count). The van der Waals surface area contributed by atoms with Crippen LogP contribution < -0.4 is 0 Å². The molecule has 0 saturated heterocycles. The van der Waals surface area contributed by atoms with Crippen LogP contribution in [0.25, 0.3) is 5.82 Å². The monoisotopic (exact) mass is 328 g/mol. The first kappa shape index (κ1) is 15.0. The first-order valence-corrected chi connectivity index (χ1v) is 8.52. The Morgan fingerprint density at radius 1 is 1.04 bits per heavy atom. The zero-order valence-corrected chi connectivity index (χ0v) is 12.9. The number of imidazole rings is 1. The highest BCUT2D eigenvalue weighted by molar-refractivity contribution is 7.90. The molecule has 2 heterocycles. The highest BCUT2D eigenvalue weighted by Crippen LogP contribution is 2.13. The number of benzene rings is 1. The van der Waals surface area contributed by atoms with E-state index in [0.717, 1.165) is 6.26 Å². The molecule has 8 heteroatoms. The highest BCUT2D eigenvalue weighted by atomic mass is 32.2. The van der Waals surface area contributed by atoms with Crippen LogP contribution >= 0.6 is 0 Å². The van der Waals surface area contributed by atoms with E-state index in [0.29, 0.717) is 5.56 Å². The Balaban J connectivity index is 2.07. The molecular formula is C15H12N4O3S. The van der Waals surface area contributed by atoms with Gasteiger partial charge in [0, 0.05) is 30.4 Å². The minimum atomic E-state index is -3.54. The SMILES string of the molecule is CS(=O)(=O)c1nccc(-n2ccnc2C(=O)c2ccccc2)n1. The molecule has 3 aromatic rings. The standard InChI is InChI=1S/C15H12N4O3S/c1-23(21,22)15-17-8-7-12(18-15)19-10-9-16-14(19)13(20)11-5-3-2-4-6-11/h2-10H,1H3. The molecule has 116 valence electrons. The Morgan fingerprint density at radius 2 is 1.78 bits per heavy atom. The first-order chi connectivity index (χ1) is 11.0. The topological polar surface area (TPSA) is 94.8 Å². The highest BCUT2D eigenvalue weighted by Gasteiger charge is 2.18. The Morgan fingerprint density at radius 3 is 2.48 bits per heavy atom. The van der Waals surface area contributed by atoms with Gasteiger partial charge in [-0.1, -0.05) is 30.3 Å². The number of rotatable bonds is 4. The van der Waals surface area contributed by atoms with Crippen LogP contribution in [0.5, 0.6) is 0 Å². The smallest absolute Gasteiger partial charge is 0.248 e. The number of ketones is 1. The van der Waals surface area contributed by atoms with Crippen LogP contribution in [0.15, 0.2) is 60.1 Å². The lowest BCUT2D eigenvalue weighted by molar-refractivity contribution is 0.102. The predicted octanol–water partition coefficient (Wildman–Crippen LogP) is 1.30. The van der Waals surface area contributed by atoms with E-state index in [1.807, 2.05) is 6.07 Å². The lowest BCUT2D eigenvalue weighted by atomic mass is 10.1. The third kappa shape index (κ3) is 3.02. The zero-order chi connectivity index (χ0) is 16.4. The number of hydrogen-bond donors (Lipinski definition) is 0. The van der Waals surface area contributed by atoms with Crippen molar-refractivity contribution in [3.8, 4) is 5.82 Å². The summed E-state index contributed by atoms with van der Waals surface area (Å²) >= 11 is 0. The molecule has 0 amide bonds. The third-order valence-electron chi connectivity index (χ3n) is 3.08. The van der Waals surface area contributed by atoms with Gasteiger partial charge in [-0.2, -0.15) is 0 Å². The van der Waals surface area contributed by atoms with E-state index in [2.05, 4.69) is 15.0 Å². The van der Waals surface area contributed by atoms with Gasteiger partial charge < -0.3 is 0 Å². The van der Waals surface area contributed by atoms with Gasteiger partial charge >= 0.3 is 0 Å². The molecule has 0 aliphatic rings. The summed E-state index contributed by atoms with van der Waals surface area (Å²) in [7, 11) is -3.54. The molecule has 0 spiro atoms. The van der Waals surface area contributed by atoms with Gasteiger partial charge in [0.2, 0.25) is 20.8 Å². The van der Waals surface area contributed by atoms with E-state index in [4.69, 9.17) is 0 Å². The summed E-state index contributed by atoms with van der Waals surface area (Å²) in [6.45, 7) is 0. The van der Waals surface area contributed by atoms with Gasteiger partial charge in [0.15, 0.2) is 5.82 Å². The van der Waals surface area contributed by atoms with Gasteiger partial charge in [-0.3, -0.25) is 9.36 Å². The molecule has 0 aliphatic carbocycles. The predicted molar refractivity (Wildman–Crippen MR) is 82.1 cm³/mol. The van der Waals surface area contributed by atoms with Crippen molar-refractivity contribution >= 4 is 15.6 Å². The summed E-state index contributed by atoms with van der Waals surface area (Å²) < 4.78 is 24.6. The fourth-order valence-corrected chi connectivity index (χ4v) is 2.53. The summed E-state index contributed by atoms with van der Waals surface area (Å²) in [6, 6.07) is 10.2. The second-order valence-corrected chi connectivity index (χ2v) is 6.70. The third-order valence-corrected chi connectivity index (χ3v) is 3.94. The Bertz CT molecular complexity index is 965. The maximum Gasteiger partial charge on any atom is 0.248 e. The fourth-order valence-electron chi connectivity index (χ4n) is 2.02. The quantitative estimate of drug-likeness (QED) is 0.529. The molecule has 0 saturated carbocycles. The molecule has 0 radical (unpaired) electrons. The van der Waals surface area contributed by atoms with Crippen molar-refractivity contribution in [2.75, 3.05) is 6.26 Å². The molecule has 0 aliphatic heterocycles. The van der Waals surface area contributed by atoms with Crippen molar-refractivity contribution in [1.29, 1.82) is 0 Å². The van der Waals surface area contributed by atoms with Crippen molar-refractivity contribution < 1.29 is 13.2 Å². The molecule has 0 atom stereocenters. The fraction of sp³-hybridized carbons (Fsp3) is 0.0667. The Kier molecular flexibility index (Phi) is 3.75. The maximum absolute atomic E-state index is 12.5. The van der Waals surface area contributed by atoms with E-state index < -0.39 is 9.84 Å². The number of nitrogens with zero attached hydrogens (tertiary/aromatic N) is 4. The molecule has 7 nitrogen and oxygen atoms in total. The lowest BCUT2D eigenvalue weighted by Gasteiger charge is -2.07. The molecule has 1 aromatic carbocycles. The summed E-state index contributed by atoms with van der Waals surface area (Å²) in [5, 5.41) is -0.304. The van der Waals surface area contributed by atoms with Gasteiger partial charge in [0.25, 0.3) is 0 Å². The van der Waals surface area contributed by atoms with E-state index >= 15 is 0 Å². The largest absolute Gasteiger partial charge is 0.285 e. The average Bonchev–Trinajstić information content (AvgIpc) is 3.04. The Labute approximate surface area is 132 Å². The van der Waals surface area contributed by atoms with Crippen molar-refractivity contribution in [3.05, 3.63) is 66.4 Å². The number of carbonyl (C=O) groups is 1. The minimum Gasteiger partial charge on any atom is -0.285 e. The zero-order valence-electron chi connectivity index (χ0n) is 12.1. The molecule has 0 fully saturated rings. The minimum absolute atomic E-state index is 0.148. The van der Waals surface area contributed by atoms with Crippen LogP contribution in [0, 0.1) is 0 Å². The van der Waals surface area contributed by atoms with Gasteiger partial charge in [-0.25, -0.2) is 23.4 Å². The van der Waals surface area contributed by atoms with Crippen LogP contribution in [-0.4, -0.2) is 40.0 Å². The van der Waals surface area contributed by atoms with Crippen molar-refractivity contribution in [2.45, 2.75) is 5.16 Å². The average molecular weight is 328 g/mol. The van der Waals surface area contributed by atoms with Gasteiger partial charge in [0.1, 0.15) is 5.82 Å². The number of aromatic nitrogens is 4. The summed E-state index contributed by atoms with van der Waals surface area (Å²) in [6.07, 6.45) is 5.36. The summed E-state index contributed by atoms with van der Waals surface area (Å²) in [5.41, 5.74) is 0.484. The number of hydrogen-bond acceptors (Lipinski definition) is 6. The number of sulfone groups is 1. The van der Waals surface area contributed by atoms with Crippen LogP contribution in [-0.2, 0) is 9.84 Å². The van der Waals surface area contributed by atoms with Crippen LogP contribution in [0.4, 0.5) is 0 Å². The van der Waals surface area contributed by atoms with Crippen LogP contribution in [0.2, 0.25) is 0 Å². The van der Waals surface area contributed by atoms with Gasteiger partial charge in [-0.05, 0) is 6.07 Å². The maximum atomic E-state index is 12.5. The second kappa shape index (κ2) is 5.73. The van der Waals surface area contributed by atoms with Crippen molar-refractivity contribution in [3.63, 3.8) is 0 Å². The van der Waals surface area contributed by atoms with Crippen LogP contribution in [0.1, 0.15) is 16.2 Å². The van der Waals surface area contributed by atoms with E-state index in [-0.39, 0.29) is 22.6 Å². The molecule has 2 aromatic heterocycles. The lowest BCUT2D eigenvalue weighted by Crippen LogP contribution is -2.13. The molecule has 0 N–H and O–H groups in total. The first-order valence-electron chi connectivity index (χ1n) is 6.63.